The average Bonchev–Trinajstić information content (AvgIpc) is 2.79. The minimum atomic E-state index is 0.782. The number of nitrogen functional groups attached to an aromatic ring is 1. The van der Waals surface area contributed by atoms with Gasteiger partial charge in [-0.05, 0) is 25.0 Å². The van der Waals surface area contributed by atoms with E-state index in [-0.39, 0.29) is 0 Å². The van der Waals surface area contributed by atoms with Crippen LogP contribution in [0.1, 0.15) is 31.9 Å². The highest BCUT2D eigenvalue weighted by atomic mass is 15.0. The Morgan fingerprint density at radius 1 is 1.24 bits per heavy atom. The zero-order valence-electron chi connectivity index (χ0n) is 10.3. The molecule has 0 radical (unpaired) electrons. The summed E-state index contributed by atoms with van der Waals surface area (Å²) in [6.45, 7) is 2.21. The predicted octanol–water partition coefficient (Wildman–Crippen LogP) is 3.19. The Bertz CT molecular complexity index is 474. The van der Waals surface area contributed by atoms with Gasteiger partial charge in [0.25, 0.3) is 0 Å². The van der Waals surface area contributed by atoms with E-state index in [9.17, 15) is 0 Å². The smallest absolute Gasteiger partial charge is 0.0995 e. The lowest BCUT2D eigenvalue weighted by atomic mass is 10.2. The van der Waals surface area contributed by atoms with E-state index >= 15 is 0 Å². The first kappa shape index (κ1) is 11.7. The normalized spacial score (nSPS) is 10.6. The Balaban J connectivity index is 2.10. The van der Waals surface area contributed by atoms with Gasteiger partial charge in [-0.2, -0.15) is 0 Å². The minimum Gasteiger partial charge on any atom is -0.397 e. The predicted molar refractivity (Wildman–Crippen MR) is 71.2 cm³/mol. The van der Waals surface area contributed by atoms with Crippen molar-refractivity contribution in [1.29, 1.82) is 0 Å². The monoisotopic (exact) mass is 229 g/mol. The Morgan fingerprint density at radius 2 is 2.06 bits per heavy atom. The molecule has 17 heavy (non-hydrogen) atoms. The third kappa shape index (κ3) is 2.87. The van der Waals surface area contributed by atoms with Gasteiger partial charge >= 0.3 is 0 Å². The molecule has 3 heteroatoms. The van der Waals surface area contributed by atoms with Gasteiger partial charge in [-0.3, -0.25) is 0 Å². The van der Waals surface area contributed by atoms with E-state index in [0.717, 1.165) is 23.5 Å². The van der Waals surface area contributed by atoms with Gasteiger partial charge in [-0.25, -0.2) is 4.98 Å². The fourth-order valence-electron chi connectivity index (χ4n) is 1.90. The van der Waals surface area contributed by atoms with Crippen molar-refractivity contribution in [2.75, 3.05) is 5.73 Å². The largest absolute Gasteiger partial charge is 0.397 e. The fourth-order valence-corrected chi connectivity index (χ4v) is 1.90. The first-order valence-electron chi connectivity index (χ1n) is 6.19. The summed E-state index contributed by atoms with van der Waals surface area (Å²) in [5.74, 6) is 0. The number of benzene rings is 1. The van der Waals surface area contributed by atoms with Gasteiger partial charge in [0.1, 0.15) is 0 Å². The number of rotatable bonds is 5. The van der Waals surface area contributed by atoms with Gasteiger partial charge in [0.15, 0.2) is 0 Å². The van der Waals surface area contributed by atoms with E-state index in [2.05, 4.69) is 18.1 Å². The van der Waals surface area contributed by atoms with Crippen LogP contribution in [0.15, 0.2) is 36.8 Å². The fraction of sp³-hybridized carbons (Fsp3) is 0.357. The molecular weight excluding hydrogens is 210 g/mol. The average molecular weight is 229 g/mol. The molecule has 0 bridgehead atoms. The summed E-state index contributed by atoms with van der Waals surface area (Å²) in [5.41, 5.74) is 8.86. The molecule has 0 unspecified atom stereocenters. The number of nitrogens with zero attached hydrogens (tertiary/aromatic N) is 2. The van der Waals surface area contributed by atoms with Crippen LogP contribution in [0.25, 0.3) is 5.69 Å². The first-order valence-corrected chi connectivity index (χ1v) is 6.19. The number of hydrogen-bond acceptors (Lipinski definition) is 2. The lowest BCUT2D eigenvalue weighted by Gasteiger charge is -2.04. The van der Waals surface area contributed by atoms with Crippen molar-refractivity contribution in [1.82, 2.24) is 9.55 Å². The van der Waals surface area contributed by atoms with Crippen molar-refractivity contribution in [2.24, 2.45) is 0 Å². The molecule has 0 saturated heterocycles. The Morgan fingerprint density at radius 3 is 2.82 bits per heavy atom. The van der Waals surface area contributed by atoms with E-state index in [4.69, 9.17) is 5.73 Å². The van der Waals surface area contributed by atoms with Crippen molar-refractivity contribution < 1.29 is 0 Å². The van der Waals surface area contributed by atoms with Crippen LogP contribution in [-0.4, -0.2) is 9.55 Å². The van der Waals surface area contributed by atoms with E-state index < -0.39 is 0 Å². The molecule has 1 aromatic carbocycles. The lowest BCUT2D eigenvalue weighted by Crippen LogP contribution is -1.96. The van der Waals surface area contributed by atoms with Crippen LogP contribution in [-0.2, 0) is 6.42 Å². The second kappa shape index (κ2) is 5.53. The number of hydrogen-bond donors (Lipinski definition) is 1. The van der Waals surface area contributed by atoms with Crippen LogP contribution in [0.2, 0.25) is 0 Å². The van der Waals surface area contributed by atoms with Crippen molar-refractivity contribution >= 4 is 5.69 Å². The molecule has 0 aliphatic heterocycles. The second-order valence-electron chi connectivity index (χ2n) is 4.29. The lowest BCUT2D eigenvalue weighted by molar-refractivity contribution is 0.709. The van der Waals surface area contributed by atoms with Crippen LogP contribution >= 0.6 is 0 Å². The number of anilines is 1. The maximum Gasteiger partial charge on any atom is 0.0995 e. The zero-order chi connectivity index (χ0) is 12.1. The highest BCUT2D eigenvalue weighted by Crippen LogP contribution is 2.17. The summed E-state index contributed by atoms with van der Waals surface area (Å²) >= 11 is 0. The Hall–Kier alpha value is -1.77. The molecule has 0 aliphatic carbocycles. The van der Waals surface area contributed by atoms with E-state index in [0.29, 0.717) is 0 Å². The van der Waals surface area contributed by atoms with Crippen LogP contribution in [0.5, 0.6) is 0 Å². The number of aryl methyl sites for hydroxylation is 1. The highest BCUT2D eigenvalue weighted by molar-refractivity contribution is 5.57. The van der Waals surface area contributed by atoms with Gasteiger partial charge in [-0.1, -0.05) is 31.9 Å². The molecule has 0 atom stereocenters. The van der Waals surface area contributed by atoms with E-state index in [1.165, 1.54) is 19.3 Å². The van der Waals surface area contributed by atoms with Crippen molar-refractivity contribution in [2.45, 2.75) is 32.6 Å². The SMILES string of the molecule is CCCCCc1cn(-c2ccccc2N)cn1. The summed E-state index contributed by atoms with van der Waals surface area (Å²) in [4.78, 5) is 4.41. The van der Waals surface area contributed by atoms with Gasteiger partial charge in [0.05, 0.1) is 23.4 Å². The van der Waals surface area contributed by atoms with Gasteiger partial charge in [0, 0.05) is 6.20 Å². The molecule has 0 spiro atoms. The Kier molecular flexibility index (Phi) is 3.81. The molecule has 1 heterocycles. The molecule has 3 nitrogen and oxygen atoms in total. The van der Waals surface area contributed by atoms with Crippen LogP contribution < -0.4 is 5.73 Å². The number of para-hydroxylation sites is 2. The molecule has 90 valence electrons. The maximum absolute atomic E-state index is 5.93. The quantitative estimate of drug-likeness (QED) is 0.632. The molecule has 1 aromatic heterocycles. The standard InChI is InChI=1S/C14H19N3/c1-2-3-4-7-12-10-17(11-16-12)14-9-6-5-8-13(14)15/h5-6,8-11H,2-4,7,15H2,1H3. The number of unbranched alkanes of at least 4 members (excludes halogenated alkanes) is 2. The molecular formula is C14H19N3. The molecule has 2 aromatic rings. The number of nitrogens with two attached hydrogens (primary N) is 1. The summed E-state index contributed by atoms with van der Waals surface area (Å²) < 4.78 is 2.00. The molecule has 2 rings (SSSR count). The van der Waals surface area contributed by atoms with E-state index in [1.807, 2.05) is 35.2 Å². The first-order chi connectivity index (χ1) is 8.31. The number of aromatic nitrogens is 2. The highest BCUT2D eigenvalue weighted by Gasteiger charge is 2.03. The second-order valence-corrected chi connectivity index (χ2v) is 4.29. The topological polar surface area (TPSA) is 43.8 Å². The summed E-state index contributed by atoms with van der Waals surface area (Å²) in [6, 6.07) is 7.85. The van der Waals surface area contributed by atoms with Gasteiger partial charge in [-0.15, -0.1) is 0 Å². The summed E-state index contributed by atoms with van der Waals surface area (Å²) in [7, 11) is 0. The molecule has 2 N–H and O–H groups in total. The van der Waals surface area contributed by atoms with Crippen molar-refractivity contribution in [3.8, 4) is 5.69 Å². The summed E-state index contributed by atoms with van der Waals surface area (Å²) in [5, 5.41) is 0. The third-order valence-electron chi connectivity index (χ3n) is 2.89. The van der Waals surface area contributed by atoms with Crippen molar-refractivity contribution in [3.63, 3.8) is 0 Å². The zero-order valence-corrected chi connectivity index (χ0v) is 10.3. The molecule has 0 amide bonds. The molecule has 0 aliphatic rings. The van der Waals surface area contributed by atoms with Crippen LogP contribution in [0.4, 0.5) is 5.69 Å². The van der Waals surface area contributed by atoms with Crippen LogP contribution in [0, 0.1) is 0 Å². The summed E-state index contributed by atoms with van der Waals surface area (Å²) in [6.07, 6.45) is 8.67. The third-order valence-corrected chi connectivity index (χ3v) is 2.89. The van der Waals surface area contributed by atoms with E-state index in [1.54, 1.807) is 0 Å². The van der Waals surface area contributed by atoms with Crippen LogP contribution in [0.3, 0.4) is 0 Å². The van der Waals surface area contributed by atoms with Gasteiger partial charge in [0.2, 0.25) is 0 Å². The number of imidazole rings is 1. The molecule has 0 fully saturated rings. The van der Waals surface area contributed by atoms with Crippen molar-refractivity contribution in [3.05, 3.63) is 42.5 Å². The molecule has 0 saturated carbocycles. The maximum atomic E-state index is 5.93. The van der Waals surface area contributed by atoms with Gasteiger partial charge < -0.3 is 10.3 Å². The minimum absolute atomic E-state index is 0.782. The Labute approximate surface area is 102 Å².